The van der Waals surface area contributed by atoms with Gasteiger partial charge in [0.15, 0.2) is 0 Å². The first-order chi connectivity index (χ1) is 7.74. The summed E-state index contributed by atoms with van der Waals surface area (Å²) in [6.07, 6.45) is 3.27. The molecule has 0 amide bonds. The van der Waals surface area contributed by atoms with Gasteiger partial charge in [-0.15, -0.1) is 0 Å². The summed E-state index contributed by atoms with van der Waals surface area (Å²) < 4.78 is 5.63. The normalized spacial score (nSPS) is 14.4. The summed E-state index contributed by atoms with van der Waals surface area (Å²) in [6, 6.07) is 10.3. The van der Waals surface area contributed by atoms with Crippen LogP contribution in [-0.4, -0.2) is 12.6 Å². The van der Waals surface area contributed by atoms with Gasteiger partial charge in [0.2, 0.25) is 0 Å². The van der Waals surface area contributed by atoms with Gasteiger partial charge in [-0.05, 0) is 37.3 Å². The largest absolute Gasteiger partial charge is 0.494 e. The van der Waals surface area contributed by atoms with Gasteiger partial charge in [-0.2, -0.15) is 0 Å². The van der Waals surface area contributed by atoms with Crippen LogP contribution in [0.1, 0.15) is 33.1 Å². The van der Waals surface area contributed by atoms with Crippen LogP contribution >= 0.6 is 0 Å². The number of nitrogens with two attached hydrogens (primary N) is 1. The lowest BCUT2D eigenvalue weighted by Gasteiger charge is -2.17. The number of rotatable bonds is 7. The number of hydrogen-bond donors (Lipinski definition) is 1. The summed E-state index contributed by atoms with van der Waals surface area (Å²) in [5.74, 6) is 1.54. The Hall–Kier alpha value is -1.02. The smallest absolute Gasteiger partial charge is 0.119 e. The van der Waals surface area contributed by atoms with Gasteiger partial charge in [0.1, 0.15) is 5.75 Å². The monoisotopic (exact) mass is 221 g/mol. The molecular formula is C14H23NO. The topological polar surface area (TPSA) is 35.2 Å². The second-order valence-electron chi connectivity index (χ2n) is 4.35. The van der Waals surface area contributed by atoms with Crippen molar-refractivity contribution in [3.8, 4) is 5.75 Å². The highest BCUT2D eigenvalue weighted by Crippen LogP contribution is 2.13. The Morgan fingerprint density at radius 1 is 1.25 bits per heavy atom. The van der Waals surface area contributed by atoms with Crippen LogP contribution in [0, 0.1) is 5.92 Å². The van der Waals surface area contributed by atoms with Gasteiger partial charge >= 0.3 is 0 Å². The summed E-state index contributed by atoms with van der Waals surface area (Å²) >= 11 is 0. The number of hydrogen-bond acceptors (Lipinski definition) is 2. The van der Waals surface area contributed by atoms with Crippen LogP contribution in [0.2, 0.25) is 0 Å². The van der Waals surface area contributed by atoms with Crippen LogP contribution in [0.25, 0.3) is 0 Å². The van der Waals surface area contributed by atoms with E-state index in [0.717, 1.165) is 31.6 Å². The van der Waals surface area contributed by atoms with Crippen LogP contribution in [0.15, 0.2) is 30.3 Å². The molecule has 0 aliphatic heterocycles. The molecule has 1 aromatic rings. The highest BCUT2D eigenvalue weighted by atomic mass is 16.5. The van der Waals surface area contributed by atoms with Gasteiger partial charge in [-0.25, -0.2) is 0 Å². The van der Waals surface area contributed by atoms with Crippen LogP contribution in [0.3, 0.4) is 0 Å². The van der Waals surface area contributed by atoms with Gasteiger partial charge in [-0.1, -0.05) is 32.0 Å². The molecule has 2 unspecified atom stereocenters. The fourth-order valence-electron chi connectivity index (χ4n) is 1.73. The molecule has 1 aromatic carbocycles. The molecule has 1 rings (SSSR count). The van der Waals surface area contributed by atoms with Gasteiger partial charge in [-0.3, -0.25) is 0 Å². The molecule has 0 spiro atoms. The third kappa shape index (κ3) is 4.67. The standard InChI is InChI=1S/C14H23NO/c1-3-14(15)12(2)8-7-11-16-13-9-5-4-6-10-13/h4-6,9-10,12,14H,3,7-8,11,15H2,1-2H3. The summed E-state index contributed by atoms with van der Waals surface area (Å²) in [6.45, 7) is 5.14. The van der Waals surface area contributed by atoms with Crippen LogP contribution in [0.4, 0.5) is 0 Å². The summed E-state index contributed by atoms with van der Waals surface area (Å²) in [4.78, 5) is 0. The second kappa shape index (κ2) is 7.29. The van der Waals surface area contributed by atoms with Gasteiger partial charge in [0, 0.05) is 6.04 Å². The maximum atomic E-state index is 5.97. The molecule has 0 saturated heterocycles. The third-order valence-electron chi connectivity index (χ3n) is 3.02. The zero-order chi connectivity index (χ0) is 11.8. The summed E-state index contributed by atoms with van der Waals surface area (Å²) in [5.41, 5.74) is 5.97. The Balaban J connectivity index is 2.13. The van der Waals surface area contributed by atoms with Gasteiger partial charge in [0.05, 0.1) is 6.61 Å². The van der Waals surface area contributed by atoms with Crippen molar-refractivity contribution in [3.63, 3.8) is 0 Å². The van der Waals surface area contributed by atoms with Crippen molar-refractivity contribution in [2.45, 2.75) is 39.2 Å². The van der Waals surface area contributed by atoms with Crippen molar-refractivity contribution in [1.29, 1.82) is 0 Å². The Morgan fingerprint density at radius 2 is 1.94 bits per heavy atom. The number of ether oxygens (including phenoxy) is 1. The minimum Gasteiger partial charge on any atom is -0.494 e. The minimum absolute atomic E-state index is 0.330. The van der Waals surface area contributed by atoms with E-state index < -0.39 is 0 Å². The quantitative estimate of drug-likeness (QED) is 0.717. The molecule has 0 heterocycles. The van der Waals surface area contributed by atoms with Crippen molar-refractivity contribution in [2.24, 2.45) is 11.7 Å². The van der Waals surface area contributed by atoms with Crippen LogP contribution in [-0.2, 0) is 0 Å². The maximum Gasteiger partial charge on any atom is 0.119 e. The molecule has 2 atom stereocenters. The first-order valence-corrected chi connectivity index (χ1v) is 6.17. The number of para-hydroxylation sites is 1. The fourth-order valence-corrected chi connectivity index (χ4v) is 1.73. The molecule has 0 bridgehead atoms. The Kier molecular flexibility index (Phi) is 5.94. The molecule has 0 fully saturated rings. The molecule has 16 heavy (non-hydrogen) atoms. The zero-order valence-corrected chi connectivity index (χ0v) is 10.4. The molecule has 0 aliphatic carbocycles. The van der Waals surface area contributed by atoms with E-state index in [1.54, 1.807) is 0 Å². The average molecular weight is 221 g/mol. The molecule has 0 aromatic heterocycles. The second-order valence-corrected chi connectivity index (χ2v) is 4.35. The summed E-state index contributed by atoms with van der Waals surface area (Å²) in [5, 5.41) is 0. The Labute approximate surface area is 98.8 Å². The lowest BCUT2D eigenvalue weighted by molar-refractivity contribution is 0.285. The molecular weight excluding hydrogens is 198 g/mol. The SMILES string of the molecule is CCC(N)C(C)CCCOc1ccccc1. The van der Waals surface area contributed by atoms with Crippen LogP contribution in [0.5, 0.6) is 5.75 Å². The van der Waals surface area contributed by atoms with Crippen molar-refractivity contribution < 1.29 is 4.74 Å². The maximum absolute atomic E-state index is 5.97. The molecule has 0 aliphatic rings. The van der Waals surface area contributed by atoms with Gasteiger partial charge < -0.3 is 10.5 Å². The van der Waals surface area contributed by atoms with E-state index in [1.165, 1.54) is 0 Å². The number of benzene rings is 1. The van der Waals surface area contributed by atoms with E-state index in [9.17, 15) is 0 Å². The lowest BCUT2D eigenvalue weighted by atomic mass is 9.96. The predicted octanol–water partition coefficient (Wildman–Crippen LogP) is 3.22. The van der Waals surface area contributed by atoms with Crippen molar-refractivity contribution in [1.82, 2.24) is 0 Å². The Bertz CT molecular complexity index is 273. The zero-order valence-electron chi connectivity index (χ0n) is 10.4. The Morgan fingerprint density at radius 3 is 2.56 bits per heavy atom. The van der Waals surface area contributed by atoms with E-state index in [4.69, 9.17) is 10.5 Å². The van der Waals surface area contributed by atoms with Crippen molar-refractivity contribution in [2.75, 3.05) is 6.61 Å². The highest BCUT2D eigenvalue weighted by molar-refractivity contribution is 5.20. The van der Waals surface area contributed by atoms with Crippen LogP contribution < -0.4 is 10.5 Å². The van der Waals surface area contributed by atoms with E-state index in [-0.39, 0.29) is 0 Å². The molecule has 2 heteroatoms. The van der Waals surface area contributed by atoms with Crippen molar-refractivity contribution >= 4 is 0 Å². The first kappa shape index (κ1) is 13.0. The van der Waals surface area contributed by atoms with E-state index in [2.05, 4.69) is 13.8 Å². The molecule has 90 valence electrons. The molecule has 2 nitrogen and oxygen atoms in total. The molecule has 2 N–H and O–H groups in total. The third-order valence-corrected chi connectivity index (χ3v) is 3.02. The molecule has 0 saturated carbocycles. The van der Waals surface area contributed by atoms with Crippen molar-refractivity contribution in [3.05, 3.63) is 30.3 Å². The van der Waals surface area contributed by atoms with E-state index in [0.29, 0.717) is 12.0 Å². The lowest BCUT2D eigenvalue weighted by Crippen LogP contribution is -2.27. The predicted molar refractivity (Wildman–Crippen MR) is 68.6 cm³/mol. The first-order valence-electron chi connectivity index (χ1n) is 6.17. The molecule has 0 radical (unpaired) electrons. The average Bonchev–Trinajstić information content (AvgIpc) is 2.34. The van der Waals surface area contributed by atoms with E-state index in [1.807, 2.05) is 30.3 Å². The van der Waals surface area contributed by atoms with Gasteiger partial charge in [0.25, 0.3) is 0 Å². The fraction of sp³-hybridized carbons (Fsp3) is 0.571. The minimum atomic E-state index is 0.330. The van der Waals surface area contributed by atoms with E-state index >= 15 is 0 Å². The highest BCUT2D eigenvalue weighted by Gasteiger charge is 2.09. The summed E-state index contributed by atoms with van der Waals surface area (Å²) in [7, 11) is 0.